The third-order valence-electron chi connectivity index (χ3n) is 1.35. The molecule has 4 nitrogen and oxygen atoms in total. The van der Waals surface area contributed by atoms with E-state index in [2.05, 4.69) is 51.8 Å². The Bertz CT molecular complexity index is 411. The van der Waals surface area contributed by atoms with Gasteiger partial charge in [0.15, 0.2) is 11.3 Å². The van der Waals surface area contributed by atoms with Gasteiger partial charge in [0, 0.05) is 0 Å². The molecule has 2 rings (SSSR count). The van der Waals surface area contributed by atoms with Crippen LogP contribution in [0, 0.1) is 0 Å². The second kappa shape index (κ2) is 3.10. The lowest BCUT2D eigenvalue weighted by Gasteiger charge is -1.86. The SMILES string of the molecule is BrCc1nc2ncc(Br)nc2[nH]1. The van der Waals surface area contributed by atoms with Crippen LogP contribution >= 0.6 is 31.9 Å². The summed E-state index contributed by atoms with van der Waals surface area (Å²) in [4.78, 5) is 15.4. The molecule has 0 spiro atoms. The molecule has 0 bridgehead atoms. The summed E-state index contributed by atoms with van der Waals surface area (Å²) < 4.78 is 0.708. The molecule has 6 heteroatoms. The first-order chi connectivity index (χ1) is 5.79. The van der Waals surface area contributed by atoms with Crippen molar-refractivity contribution in [2.75, 3.05) is 0 Å². The predicted molar refractivity (Wildman–Crippen MR) is 52.0 cm³/mol. The van der Waals surface area contributed by atoms with Gasteiger partial charge in [-0.2, -0.15) is 0 Å². The first-order valence-electron chi connectivity index (χ1n) is 3.22. The molecule has 0 aromatic carbocycles. The Morgan fingerprint density at radius 3 is 3.00 bits per heavy atom. The lowest BCUT2D eigenvalue weighted by atomic mass is 10.7. The number of rotatable bonds is 1. The highest BCUT2D eigenvalue weighted by atomic mass is 79.9. The van der Waals surface area contributed by atoms with Crippen LogP contribution in [0.4, 0.5) is 0 Å². The van der Waals surface area contributed by atoms with Gasteiger partial charge in [-0.1, -0.05) is 15.9 Å². The van der Waals surface area contributed by atoms with Gasteiger partial charge in [0.1, 0.15) is 10.4 Å². The third-order valence-corrected chi connectivity index (χ3v) is 2.27. The lowest BCUT2D eigenvalue weighted by Crippen LogP contribution is -1.81. The Kier molecular flexibility index (Phi) is 2.10. The van der Waals surface area contributed by atoms with Crippen LogP contribution < -0.4 is 0 Å². The number of hydrogen-bond acceptors (Lipinski definition) is 3. The van der Waals surface area contributed by atoms with E-state index in [1.165, 1.54) is 0 Å². The number of nitrogens with zero attached hydrogens (tertiary/aromatic N) is 3. The van der Waals surface area contributed by atoms with Gasteiger partial charge in [-0.05, 0) is 15.9 Å². The number of halogens is 2. The minimum absolute atomic E-state index is 0.646. The number of nitrogens with one attached hydrogen (secondary N) is 1. The molecule has 0 aliphatic heterocycles. The van der Waals surface area contributed by atoms with Gasteiger partial charge < -0.3 is 4.98 Å². The van der Waals surface area contributed by atoms with Crippen molar-refractivity contribution in [3.05, 3.63) is 16.6 Å². The van der Waals surface area contributed by atoms with E-state index in [4.69, 9.17) is 0 Å². The third kappa shape index (κ3) is 1.36. The van der Waals surface area contributed by atoms with Crippen molar-refractivity contribution in [3.63, 3.8) is 0 Å². The zero-order valence-electron chi connectivity index (χ0n) is 5.88. The first-order valence-corrected chi connectivity index (χ1v) is 5.14. The number of H-pyrrole nitrogens is 1. The lowest BCUT2D eigenvalue weighted by molar-refractivity contribution is 1.14. The fraction of sp³-hybridized carbons (Fsp3) is 0.167. The maximum atomic E-state index is 4.18. The zero-order valence-corrected chi connectivity index (χ0v) is 9.05. The van der Waals surface area contributed by atoms with Crippen LogP contribution in [-0.2, 0) is 5.33 Å². The largest absolute Gasteiger partial charge is 0.324 e. The molecule has 1 N–H and O–H groups in total. The van der Waals surface area contributed by atoms with Crippen LogP contribution in [0.1, 0.15) is 5.82 Å². The molecular weight excluding hydrogens is 288 g/mol. The molecule has 12 heavy (non-hydrogen) atoms. The van der Waals surface area contributed by atoms with Gasteiger partial charge in [-0.25, -0.2) is 15.0 Å². The summed E-state index contributed by atoms with van der Waals surface area (Å²) in [5, 5.41) is 0.683. The quantitative estimate of drug-likeness (QED) is 0.818. The zero-order chi connectivity index (χ0) is 8.55. The van der Waals surface area contributed by atoms with Crippen molar-refractivity contribution in [2.24, 2.45) is 0 Å². The molecular formula is C6H4Br2N4. The van der Waals surface area contributed by atoms with Gasteiger partial charge >= 0.3 is 0 Å². The molecule has 2 heterocycles. The van der Waals surface area contributed by atoms with Crippen LogP contribution in [0.3, 0.4) is 0 Å². The molecule has 2 aromatic heterocycles. The van der Waals surface area contributed by atoms with Crippen molar-refractivity contribution in [3.8, 4) is 0 Å². The maximum Gasteiger partial charge on any atom is 0.197 e. The Balaban J connectivity index is 2.67. The highest BCUT2D eigenvalue weighted by molar-refractivity contribution is 9.10. The second-order valence-corrected chi connectivity index (χ2v) is 3.56. The number of alkyl halides is 1. The van der Waals surface area contributed by atoms with Crippen LogP contribution in [0.15, 0.2) is 10.8 Å². The molecule has 0 saturated heterocycles. The van der Waals surface area contributed by atoms with E-state index in [0.29, 0.717) is 21.2 Å². The normalized spacial score (nSPS) is 10.8. The fourth-order valence-corrected chi connectivity index (χ4v) is 1.43. The van der Waals surface area contributed by atoms with Gasteiger partial charge in [0.2, 0.25) is 0 Å². The summed E-state index contributed by atoms with van der Waals surface area (Å²) in [5.74, 6) is 0.836. The van der Waals surface area contributed by atoms with E-state index in [1.807, 2.05) is 0 Å². The summed E-state index contributed by atoms with van der Waals surface area (Å²) in [6, 6.07) is 0. The number of fused-ring (bicyclic) bond motifs is 1. The Morgan fingerprint density at radius 2 is 2.25 bits per heavy atom. The molecule has 0 unspecified atom stereocenters. The Labute approximate surface area is 85.1 Å². The van der Waals surface area contributed by atoms with E-state index in [-0.39, 0.29) is 0 Å². The summed E-state index contributed by atoms with van der Waals surface area (Å²) in [6.07, 6.45) is 1.63. The number of aromatic amines is 1. The summed E-state index contributed by atoms with van der Waals surface area (Å²) >= 11 is 6.52. The van der Waals surface area contributed by atoms with Crippen LogP contribution in [0.25, 0.3) is 11.3 Å². The summed E-state index contributed by atoms with van der Waals surface area (Å²) in [7, 11) is 0. The van der Waals surface area contributed by atoms with Crippen molar-refractivity contribution < 1.29 is 0 Å². The van der Waals surface area contributed by atoms with E-state index >= 15 is 0 Å². The van der Waals surface area contributed by atoms with Crippen LogP contribution in [-0.4, -0.2) is 19.9 Å². The molecule has 0 amide bonds. The van der Waals surface area contributed by atoms with Gasteiger partial charge in [-0.15, -0.1) is 0 Å². The minimum atomic E-state index is 0.646. The average molecular weight is 292 g/mol. The number of imidazole rings is 1. The smallest absolute Gasteiger partial charge is 0.197 e. The van der Waals surface area contributed by atoms with E-state index < -0.39 is 0 Å². The monoisotopic (exact) mass is 290 g/mol. The molecule has 0 aliphatic carbocycles. The molecule has 0 atom stereocenters. The fourth-order valence-electron chi connectivity index (χ4n) is 0.883. The van der Waals surface area contributed by atoms with Gasteiger partial charge in [0.25, 0.3) is 0 Å². The molecule has 0 fully saturated rings. The first kappa shape index (κ1) is 8.12. The summed E-state index contributed by atoms with van der Waals surface area (Å²) in [5.41, 5.74) is 1.35. The predicted octanol–water partition coefficient (Wildman–Crippen LogP) is 2.01. The molecule has 2 aromatic rings. The highest BCUT2D eigenvalue weighted by Crippen LogP contribution is 2.11. The second-order valence-electron chi connectivity index (χ2n) is 2.18. The topological polar surface area (TPSA) is 54.5 Å². The average Bonchev–Trinajstić information content (AvgIpc) is 2.46. The standard InChI is InChI=1S/C6H4Br2N4/c7-1-4-11-5-6(12-4)10-3(8)2-9-5/h2H,1H2,(H,9,10,11,12). The number of hydrogen-bond donors (Lipinski definition) is 1. The van der Waals surface area contributed by atoms with Crippen LogP contribution in [0.2, 0.25) is 0 Å². The molecule has 62 valence electrons. The summed E-state index contributed by atoms with van der Waals surface area (Å²) in [6.45, 7) is 0. The van der Waals surface area contributed by atoms with Crippen LogP contribution in [0.5, 0.6) is 0 Å². The van der Waals surface area contributed by atoms with Crippen molar-refractivity contribution in [2.45, 2.75) is 5.33 Å². The maximum absolute atomic E-state index is 4.18. The van der Waals surface area contributed by atoms with E-state index in [1.54, 1.807) is 6.20 Å². The van der Waals surface area contributed by atoms with Crippen molar-refractivity contribution >= 4 is 43.2 Å². The molecule has 0 radical (unpaired) electrons. The van der Waals surface area contributed by atoms with Gasteiger partial charge in [0.05, 0.1) is 11.5 Å². The van der Waals surface area contributed by atoms with Crippen molar-refractivity contribution in [1.82, 2.24) is 19.9 Å². The Hall–Kier alpha value is -0.490. The molecule has 0 aliphatic rings. The van der Waals surface area contributed by atoms with E-state index in [0.717, 1.165) is 5.82 Å². The minimum Gasteiger partial charge on any atom is -0.324 e. The Morgan fingerprint density at radius 1 is 1.42 bits per heavy atom. The highest BCUT2D eigenvalue weighted by Gasteiger charge is 2.03. The van der Waals surface area contributed by atoms with Crippen molar-refractivity contribution in [1.29, 1.82) is 0 Å². The number of aromatic nitrogens is 4. The van der Waals surface area contributed by atoms with E-state index in [9.17, 15) is 0 Å². The molecule has 0 saturated carbocycles. The van der Waals surface area contributed by atoms with Gasteiger partial charge in [-0.3, -0.25) is 0 Å².